The number of rotatable bonds is 1. The molecule has 5 atom stereocenters. The van der Waals surface area contributed by atoms with Crippen molar-refractivity contribution in [3.05, 3.63) is 0 Å². The average molecular weight is 209 g/mol. The van der Waals surface area contributed by atoms with Crippen LogP contribution in [0.2, 0.25) is 0 Å². The predicted molar refractivity (Wildman–Crippen MR) is 60.3 cm³/mol. The van der Waals surface area contributed by atoms with E-state index in [4.69, 9.17) is 5.73 Å². The van der Waals surface area contributed by atoms with Gasteiger partial charge in [-0.25, -0.2) is 0 Å². The molecular weight excluding hydrogens is 186 g/mol. The van der Waals surface area contributed by atoms with Gasteiger partial charge in [-0.15, -0.1) is 0 Å². The second-order valence-electron chi connectivity index (χ2n) is 6.17. The van der Waals surface area contributed by atoms with E-state index >= 15 is 0 Å². The van der Waals surface area contributed by atoms with Gasteiger partial charge in [0.25, 0.3) is 0 Å². The molecule has 3 fully saturated rings. The minimum absolute atomic E-state index is 0.381. The van der Waals surface area contributed by atoms with Crippen LogP contribution in [-0.2, 0) is 0 Å². The molecule has 3 aliphatic carbocycles. The van der Waals surface area contributed by atoms with Crippen molar-refractivity contribution in [2.24, 2.45) is 28.9 Å². The first-order chi connectivity index (χ1) is 7.26. The molecular formula is C13H23NO. The molecule has 1 spiro atoms. The highest BCUT2D eigenvalue weighted by Gasteiger charge is 2.57. The van der Waals surface area contributed by atoms with E-state index < -0.39 is 0 Å². The molecule has 15 heavy (non-hydrogen) atoms. The zero-order chi connectivity index (χ0) is 10.5. The third-order valence-electron chi connectivity index (χ3n) is 5.64. The lowest BCUT2D eigenvalue weighted by molar-refractivity contribution is 0.0292. The molecule has 86 valence electrons. The van der Waals surface area contributed by atoms with Gasteiger partial charge >= 0.3 is 0 Å². The molecule has 0 heterocycles. The molecule has 0 saturated heterocycles. The van der Waals surface area contributed by atoms with Crippen LogP contribution >= 0.6 is 0 Å². The SMILES string of the molecule is NC1C2CCC(C2)[C@]12CCCC(CO)C2. The Morgan fingerprint density at radius 3 is 2.80 bits per heavy atom. The lowest BCUT2D eigenvalue weighted by atomic mass is 9.60. The van der Waals surface area contributed by atoms with Crippen LogP contribution in [-0.4, -0.2) is 17.8 Å². The fourth-order valence-electron chi connectivity index (χ4n) is 4.90. The first-order valence-corrected chi connectivity index (χ1v) is 6.63. The van der Waals surface area contributed by atoms with Crippen molar-refractivity contribution >= 4 is 0 Å². The molecule has 4 unspecified atom stereocenters. The summed E-state index contributed by atoms with van der Waals surface area (Å²) in [6.07, 6.45) is 9.25. The number of nitrogens with two attached hydrogens (primary N) is 1. The van der Waals surface area contributed by atoms with E-state index in [2.05, 4.69) is 0 Å². The van der Waals surface area contributed by atoms with E-state index in [-0.39, 0.29) is 0 Å². The monoisotopic (exact) mass is 209 g/mol. The Morgan fingerprint density at radius 1 is 1.27 bits per heavy atom. The highest BCUT2D eigenvalue weighted by Crippen LogP contribution is 2.61. The molecule has 3 rings (SSSR count). The van der Waals surface area contributed by atoms with E-state index in [9.17, 15) is 5.11 Å². The van der Waals surface area contributed by atoms with Gasteiger partial charge in [-0.2, -0.15) is 0 Å². The summed E-state index contributed by atoms with van der Waals surface area (Å²) in [5, 5.41) is 9.35. The van der Waals surface area contributed by atoms with Gasteiger partial charge < -0.3 is 10.8 Å². The fourth-order valence-corrected chi connectivity index (χ4v) is 4.90. The summed E-state index contributed by atoms with van der Waals surface area (Å²) in [4.78, 5) is 0. The second kappa shape index (κ2) is 3.46. The van der Waals surface area contributed by atoms with Crippen molar-refractivity contribution in [1.29, 1.82) is 0 Å². The van der Waals surface area contributed by atoms with Crippen molar-refractivity contribution in [2.75, 3.05) is 6.61 Å². The van der Waals surface area contributed by atoms with Crippen LogP contribution < -0.4 is 5.73 Å². The molecule has 3 N–H and O–H groups in total. The second-order valence-corrected chi connectivity index (χ2v) is 6.17. The highest BCUT2D eigenvalue weighted by atomic mass is 16.3. The molecule has 3 saturated carbocycles. The lowest BCUT2D eigenvalue weighted by Gasteiger charge is -2.47. The van der Waals surface area contributed by atoms with Gasteiger partial charge in [0.1, 0.15) is 0 Å². The maximum Gasteiger partial charge on any atom is 0.0459 e. The van der Waals surface area contributed by atoms with Crippen molar-refractivity contribution in [1.82, 2.24) is 0 Å². The lowest BCUT2D eigenvalue weighted by Crippen LogP contribution is -2.49. The zero-order valence-electron chi connectivity index (χ0n) is 9.49. The molecule has 0 aliphatic heterocycles. The van der Waals surface area contributed by atoms with E-state index in [0.29, 0.717) is 24.0 Å². The third kappa shape index (κ3) is 1.31. The van der Waals surface area contributed by atoms with E-state index in [1.54, 1.807) is 0 Å². The van der Waals surface area contributed by atoms with Crippen molar-refractivity contribution < 1.29 is 5.11 Å². The summed E-state index contributed by atoms with van der Waals surface area (Å²) in [6, 6.07) is 0.450. The van der Waals surface area contributed by atoms with Gasteiger partial charge in [0.15, 0.2) is 0 Å². The molecule has 0 aromatic carbocycles. The van der Waals surface area contributed by atoms with Gasteiger partial charge in [-0.1, -0.05) is 6.42 Å². The zero-order valence-corrected chi connectivity index (χ0v) is 9.49. The summed E-state index contributed by atoms with van der Waals surface area (Å²) < 4.78 is 0. The summed E-state index contributed by atoms with van der Waals surface area (Å²) in [7, 11) is 0. The van der Waals surface area contributed by atoms with Crippen LogP contribution in [0.4, 0.5) is 0 Å². The van der Waals surface area contributed by atoms with Crippen molar-refractivity contribution in [2.45, 2.75) is 51.0 Å². The Bertz CT molecular complexity index is 251. The standard InChI is InChI=1S/C13H23NO/c14-12-10-3-4-11(6-10)13(12)5-1-2-9(7-13)8-15/h9-12,15H,1-8,14H2/t9?,10?,11?,12?,13-/m1/s1. The molecule has 0 radical (unpaired) electrons. The van der Waals surface area contributed by atoms with Gasteiger partial charge in [-0.05, 0) is 61.7 Å². The number of aliphatic hydroxyl groups excluding tert-OH is 1. The Hall–Kier alpha value is -0.0800. The Labute approximate surface area is 92.2 Å². The van der Waals surface area contributed by atoms with E-state index in [0.717, 1.165) is 11.8 Å². The third-order valence-corrected chi connectivity index (χ3v) is 5.64. The minimum Gasteiger partial charge on any atom is -0.396 e. The molecule has 0 aromatic rings. The summed E-state index contributed by atoms with van der Waals surface area (Å²) in [5.74, 6) is 2.25. The number of hydrogen-bond acceptors (Lipinski definition) is 2. The Balaban J connectivity index is 1.83. The maximum atomic E-state index is 9.35. The maximum absolute atomic E-state index is 9.35. The fraction of sp³-hybridized carbons (Fsp3) is 1.00. The van der Waals surface area contributed by atoms with Crippen LogP contribution in [0.1, 0.15) is 44.9 Å². The van der Waals surface area contributed by atoms with Gasteiger partial charge in [0.2, 0.25) is 0 Å². The molecule has 2 bridgehead atoms. The van der Waals surface area contributed by atoms with E-state index in [1.165, 1.54) is 44.9 Å². The molecule has 0 aromatic heterocycles. The van der Waals surface area contributed by atoms with Crippen LogP contribution in [0, 0.1) is 23.2 Å². The van der Waals surface area contributed by atoms with Crippen LogP contribution in [0.15, 0.2) is 0 Å². The van der Waals surface area contributed by atoms with Gasteiger partial charge in [0, 0.05) is 12.6 Å². The Morgan fingerprint density at radius 2 is 2.13 bits per heavy atom. The van der Waals surface area contributed by atoms with Gasteiger partial charge in [0.05, 0.1) is 0 Å². The van der Waals surface area contributed by atoms with Crippen LogP contribution in [0.3, 0.4) is 0 Å². The van der Waals surface area contributed by atoms with Crippen LogP contribution in [0.5, 0.6) is 0 Å². The molecule has 3 aliphatic rings. The predicted octanol–water partition coefficient (Wildman–Crippen LogP) is 1.91. The molecule has 2 nitrogen and oxygen atoms in total. The van der Waals surface area contributed by atoms with E-state index in [1.807, 2.05) is 0 Å². The topological polar surface area (TPSA) is 46.2 Å². The van der Waals surface area contributed by atoms with Crippen molar-refractivity contribution in [3.63, 3.8) is 0 Å². The minimum atomic E-state index is 0.381. The average Bonchev–Trinajstić information content (AvgIpc) is 2.84. The van der Waals surface area contributed by atoms with Crippen molar-refractivity contribution in [3.8, 4) is 0 Å². The highest BCUT2D eigenvalue weighted by molar-refractivity contribution is 5.09. The molecule has 0 amide bonds. The molecule has 2 heteroatoms. The normalized spacial score (nSPS) is 54.0. The summed E-state index contributed by atoms with van der Waals surface area (Å²) in [5.41, 5.74) is 6.90. The number of aliphatic hydroxyl groups is 1. The summed E-state index contributed by atoms with van der Waals surface area (Å²) >= 11 is 0. The number of fused-ring (bicyclic) bond motifs is 3. The smallest absolute Gasteiger partial charge is 0.0459 e. The summed E-state index contributed by atoms with van der Waals surface area (Å²) in [6.45, 7) is 0.381. The largest absolute Gasteiger partial charge is 0.396 e. The Kier molecular flexibility index (Phi) is 2.33. The quantitative estimate of drug-likeness (QED) is 0.693. The van der Waals surface area contributed by atoms with Crippen LogP contribution in [0.25, 0.3) is 0 Å². The van der Waals surface area contributed by atoms with Gasteiger partial charge in [-0.3, -0.25) is 0 Å². The number of hydrogen-bond donors (Lipinski definition) is 2. The first kappa shape index (κ1) is 10.1. The first-order valence-electron chi connectivity index (χ1n) is 6.63.